The number of nitrogens with two attached hydrogens (primary N) is 1. The van der Waals surface area contributed by atoms with Gasteiger partial charge in [0.25, 0.3) is 12.0 Å². The van der Waals surface area contributed by atoms with Crippen molar-refractivity contribution in [3.05, 3.63) is 52.8 Å². The van der Waals surface area contributed by atoms with Crippen LogP contribution in [0.1, 0.15) is 46.5 Å². The largest absolute Gasteiger partial charge is 0.498 e. The molecule has 3 N–H and O–H groups in total. The molecule has 0 saturated heterocycles. The molecule has 0 bridgehead atoms. The predicted octanol–water partition coefficient (Wildman–Crippen LogP) is 2.23. The van der Waals surface area contributed by atoms with Crippen LogP contribution >= 0.6 is 11.3 Å². The third kappa shape index (κ3) is 4.00. The molecular formula is C23H23F6N3O3S. The van der Waals surface area contributed by atoms with E-state index in [1.165, 1.54) is 17.7 Å². The van der Waals surface area contributed by atoms with E-state index in [9.17, 15) is 31.5 Å². The maximum atomic E-state index is 15.9. The highest BCUT2D eigenvalue weighted by Gasteiger charge is 2.45. The van der Waals surface area contributed by atoms with Gasteiger partial charge in [0, 0.05) is 21.4 Å². The minimum absolute atomic E-state index is 0.0208. The van der Waals surface area contributed by atoms with E-state index < -0.39 is 58.7 Å². The SMILES string of the molecule is COC1=c2c(c(=O)[nH]c(=O)n2C2CC2)=C(C(F)F)C(F)C1c1cc2c(s1)CCC(C(N)C(F)(F)F)C2. The van der Waals surface area contributed by atoms with Gasteiger partial charge in [-0.25, -0.2) is 18.0 Å². The van der Waals surface area contributed by atoms with Gasteiger partial charge in [-0.1, -0.05) is 0 Å². The molecule has 1 fully saturated rings. The summed E-state index contributed by atoms with van der Waals surface area (Å²) in [6, 6.07) is -0.832. The van der Waals surface area contributed by atoms with Gasteiger partial charge in [-0.2, -0.15) is 13.2 Å². The van der Waals surface area contributed by atoms with Gasteiger partial charge in [0.1, 0.15) is 18.0 Å². The van der Waals surface area contributed by atoms with Gasteiger partial charge in [0.15, 0.2) is 0 Å². The van der Waals surface area contributed by atoms with Crippen molar-refractivity contribution in [3.63, 3.8) is 0 Å². The van der Waals surface area contributed by atoms with Crippen LogP contribution in [0, 0.1) is 5.92 Å². The Balaban J connectivity index is 1.69. The average Bonchev–Trinajstić information content (AvgIpc) is 3.54. The lowest BCUT2D eigenvalue weighted by molar-refractivity contribution is -0.159. The van der Waals surface area contributed by atoms with Crippen LogP contribution in [-0.4, -0.2) is 41.5 Å². The molecular weight excluding hydrogens is 512 g/mol. The van der Waals surface area contributed by atoms with E-state index in [4.69, 9.17) is 10.5 Å². The van der Waals surface area contributed by atoms with Crippen LogP contribution in [0.2, 0.25) is 0 Å². The van der Waals surface area contributed by atoms with Crippen LogP contribution in [0.3, 0.4) is 0 Å². The number of aromatic nitrogens is 2. The van der Waals surface area contributed by atoms with E-state index in [1.807, 2.05) is 4.98 Å². The molecule has 0 radical (unpaired) electrons. The summed E-state index contributed by atoms with van der Waals surface area (Å²) in [6.07, 6.45) is -8.57. The molecule has 0 spiro atoms. The molecule has 1 saturated carbocycles. The fourth-order valence-corrected chi connectivity index (χ4v) is 6.70. The van der Waals surface area contributed by atoms with Crippen molar-refractivity contribution >= 4 is 22.7 Å². The molecule has 13 heteroatoms. The summed E-state index contributed by atoms with van der Waals surface area (Å²) < 4.78 is 90.5. The number of hydrogen-bond donors (Lipinski definition) is 2. The van der Waals surface area contributed by atoms with Crippen LogP contribution in [0.5, 0.6) is 0 Å². The van der Waals surface area contributed by atoms with Crippen molar-refractivity contribution < 1.29 is 31.1 Å². The minimum Gasteiger partial charge on any atom is -0.498 e. The summed E-state index contributed by atoms with van der Waals surface area (Å²) in [5.41, 5.74) is 3.04. The van der Waals surface area contributed by atoms with Crippen LogP contribution < -0.4 is 27.6 Å². The second kappa shape index (κ2) is 8.79. The van der Waals surface area contributed by atoms with Crippen LogP contribution in [0.4, 0.5) is 26.3 Å². The second-order valence-electron chi connectivity index (χ2n) is 9.46. The summed E-state index contributed by atoms with van der Waals surface area (Å²) in [5.74, 6) is -2.37. The smallest absolute Gasteiger partial charge is 0.403 e. The Hall–Kier alpha value is -2.54. The Labute approximate surface area is 204 Å². The lowest BCUT2D eigenvalue weighted by Gasteiger charge is -2.29. The molecule has 196 valence electrons. The molecule has 3 aliphatic rings. The van der Waals surface area contributed by atoms with Gasteiger partial charge in [-0.15, -0.1) is 11.3 Å². The monoisotopic (exact) mass is 535 g/mol. The van der Waals surface area contributed by atoms with E-state index in [1.54, 1.807) is 0 Å². The van der Waals surface area contributed by atoms with Gasteiger partial charge in [-0.05, 0) is 49.7 Å². The van der Waals surface area contributed by atoms with Crippen molar-refractivity contribution in [2.45, 2.75) is 68.9 Å². The predicted molar refractivity (Wildman–Crippen MR) is 120 cm³/mol. The molecule has 2 heterocycles. The Morgan fingerprint density at radius 2 is 1.92 bits per heavy atom. The number of thiophene rings is 1. The van der Waals surface area contributed by atoms with Gasteiger partial charge in [-0.3, -0.25) is 14.3 Å². The van der Waals surface area contributed by atoms with Crippen LogP contribution in [0.25, 0.3) is 11.3 Å². The van der Waals surface area contributed by atoms with E-state index in [0.717, 1.165) is 16.2 Å². The first-order valence-corrected chi connectivity index (χ1v) is 12.3. The molecule has 2 aromatic heterocycles. The zero-order chi connectivity index (χ0) is 26.1. The summed E-state index contributed by atoms with van der Waals surface area (Å²) in [7, 11) is 1.21. The molecule has 5 rings (SSSR count). The van der Waals surface area contributed by atoms with Crippen molar-refractivity contribution in [2.75, 3.05) is 7.11 Å². The number of alkyl halides is 6. The molecule has 2 aromatic rings. The normalized spacial score (nSPS) is 25.1. The highest BCUT2D eigenvalue weighted by atomic mass is 32.1. The van der Waals surface area contributed by atoms with Crippen molar-refractivity contribution in [3.8, 4) is 0 Å². The quantitative estimate of drug-likeness (QED) is 0.575. The highest BCUT2D eigenvalue weighted by Crippen LogP contribution is 2.45. The average molecular weight is 536 g/mol. The van der Waals surface area contributed by atoms with Gasteiger partial charge in [0.2, 0.25) is 0 Å². The molecule has 0 aliphatic heterocycles. The van der Waals surface area contributed by atoms with Gasteiger partial charge < -0.3 is 10.5 Å². The fraction of sp³-hybridized carbons (Fsp3) is 0.565. The third-order valence-corrected chi connectivity index (χ3v) is 8.56. The first-order valence-electron chi connectivity index (χ1n) is 11.5. The number of rotatable bonds is 5. The molecule has 6 nitrogen and oxygen atoms in total. The fourth-order valence-electron chi connectivity index (χ4n) is 5.37. The first-order chi connectivity index (χ1) is 16.9. The van der Waals surface area contributed by atoms with Crippen molar-refractivity contribution in [1.82, 2.24) is 9.55 Å². The second-order valence-corrected chi connectivity index (χ2v) is 10.6. The molecule has 3 aliphatic carbocycles. The molecule has 4 atom stereocenters. The lowest BCUT2D eigenvalue weighted by Crippen LogP contribution is -2.59. The van der Waals surface area contributed by atoms with E-state index >= 15 is 4.39 Å². The van der Waals surface area contributed by atoms with E-state index in [2.05, 4.69) is 0 Å². The zero-order valence-electron chi connectivity index (χ0n) is 19.0. The Morgan fingerprint density at radius 1 is 1.22 bits per heavy atom. The number of ether oxygens (including phenoxy) is 1. The number of fused-ring (bicyclic) bond motifs is 2. The minimum atomic E-state index is -4.56. The number of H-pyrrole nitrogens is 1. The van der Waals surface area contributed by atoms with Gasteiger partial charge in [0.05, 0.1) is 23.6 Å². The van der Waals surface area contributed by atoms with Crippen LogP contribution in [0.15, 0.2) is 15.7 Å². The summed E-state index contributed by atoms with van der Waals surface area (Å²) in [5, 5.41) is -0.763. The lowest BCUT2D eigenvalue weighted by atomic mass is 9.82. The van der Waals surface area contributed by atoms with Crippen molar-refractivity contribution in [2.24, 2.45) is 11.7 Å². The number of methoxy groups -OCH3 is 1. The summed E-state index contributed by atoms with van der Waals surface area (Å²) in [4.78, 5) is 28.3. The Kier molecular flexibility index (Phi) is 6.13. The number of nitrogens with zero attached hydrogens (tertiary/aromatic N) is 1. The number of nitrogens with one attached hydrogen (secondary N) is 1. The van der Waals surface area contributed by atoms with Gasteiger partial charge >= 0.3 is 11.9 Å². The summed E-state index contributed by atoms with van der Waals surface area (Å²) >= 11 is 1.12. The maximum Gasteiger partial charge on any atom is 0.403 e. The summed E-state index contributed by atoms with van der Waals surface area (Å²) in [6.45, 7) is 0. The molecule has 0 amide bonds. The Morgan fingerprint density at radius 3 is 2.50 bits per heavy atom. The standard InChI is InChI=1S/C23H23F6N3O3S/c1-35-18-13(12-7-9-6-8(2-5-11(9)36-12)19(30)23(27,28)29)16(24)14(20(25)26)15-17(18)32(10-3-4-10)22(34)31-21(15)33/h7-8,10,13,16,19-20H,2-6,30H2,1H3,(H,31,33,34). The number of aromatic amines is 1. The zero-order valence-corrected chi connectivity index (χ0v) is 19.8. The maximum absolute atomic E-state index is 15.9. The number of aryl methyl sites for hydroxylation is 1. The van der Waals surface area contributed by atoms with Crippen LogP contribution in [-0.2, 0) is 17.6 Å². The van der Waals surface area contributed by atoms with Crippen molar-refractivity contribution in [1.29, 1.82) is 0 Å². The number of hydrogen-bond acceptors (Lipinski definition) is 5. The Bertz CT molecular complexity index is 1440. The molecule has 0 aromatic carbocycles. The number of halogens is 6. The molecule has 4 unspecified atom stereocenters. The third-order valence-electron chi connectivity index (χ3n) is 7.24. The highest BCUT2D eigenvalue weighted by molar-refractivity contribution is 7.12. The topological polar surface area (TPSA) is 90.1 Å². The van der Waals surface area contributed by atoms with E-state index in [0.29, 0.717) is 18.4 Å². The first kappa shape index (κ1) is 25.1. The molecule has 36 heavy (non-hydrogen) atoms. The van der Waals surface area contributed by atoms with E-state index in [-0.39, 0.29) is 41.3 Å².